The zero-order chi connectivity index (χ0) is 10.3. The molecule has 1 saturated heterocycles. The van der Waals surface area contributed by atoms with Gasteiger partial charge in [-0.15, -0.1) is 0 Å². The van der Waals surface area contributed by atoms with Gasteiger partial charge in [-0.25, -0.2) is 0 Å². The number of nitrogens with one attached hydrogen (secondary N) is 2. The highest BCUT2D eigenvalue weighted by atomic mass is 16.3. The van der Waals surface area contributed by atoms with Crippen LogP contribution < -0.4 is 10.6 Å². The first-order chi connectivity index (χ1) is 7.36. The van der Waals surface area contributed by atoms with Crippen molar-refractivity contribution < 1.29 is 5.11 Å². The maximum atomic E-state index is 9.71. The Labute approximate surface area is 90.9 Å². The van der Waals surface area contributed by atoms with Crippen molar-refractivity contribution in [1.29, 1.82) is 0 Å². The number of hydrogen-bond acceptors (Lipinski definition) is 3. The van der Waals surface area contributed by atoms with E-state index < -0.39 is 0 Å². The Morgan fingerprint density at radius 2 is 2.47 bits per heavy atom. The van der Waals surface area contributed by atoms with Crippen LogP contribution in [0.15, 0.2) is 11.6 Å². The maximum Gasteiger partial charge on any atom is 0.0620 e. The molecule has 0 bridgehead atoms. The minimum Gasteiger partial charge on any atom is -0.394 e. The van der Waals surface area contributed by atoms with E-state index in [2.05, 4.69) is 16.7 Å². The average Bonchev–Trinajstić information content (AvgIpc) is 2.30. The third-order valence-corrected chi connectivity index (χ3v) is 4.46. The molecule has 2 fully saturated rings. The van der Waals surface area contributed by atoms with Crippen LogP contribution >= 0.6 is 0 Å². The standard InChI is InChI=1S/C12H20N2O/c15-8-12-5-7-13-10-3-1-2-9(11(10)12)4-6-14-12/h4,10-11,13-15H,1-3,5-8H2/t10-,11+,12-/m1/s1. The second-order valence-electron chi connectivity index (χ2n) is 5.15. The van der Waals surface area contributed by atoms with E-state index in [4.69, 9.17) is 0 Å². The van der Waals surface area contributed by atoms with E-state index in [1.807, 2.05) is 0 Å². The molecule has 3 aliphatic rings. The summed E-state index contributed by atoms with van der Waals surface area (Å²) in [5.74, 6) is 0.541. The lowest BCUT2D eigenvalue weighted by atomic mass is 9.64. The number of aliphatic hydroxyl groups is 1. The van der Waals surface area contributed by atoms with Gasteiger partial charge in [0.25, 0.3) is 0 Å². The molecular weight excluding hydrogens is 188 g/mol. The zero-order valence-corrected chi connectivity index (χ0v) is 9.13. The van der Waals surface area contributed by atoms with Crippen molar-refractivity contribution in [1.82, 2.24) is 10.6 Å². The smallest absolute Gasteiger partial charge is 0.0620 e. The Hall–Kier alpha value is -0.380. The second kappa shape index (κ2) is 3.58. The lowest BCUT2D eigenvalue weighted by Crippen LogP contribution is -2.67. The van der Waals surface area contributed by atoms with E-state index in [1.54, 1.807) is 5.57 Å². The van der Waals surface area contributed by atoms with Crippen LogP contribution in [-0.2, 0) is 0 Å². The fourth-order valence-electron chi connectivity index (χ4n) is 3.75. The summed E-state index contributed by atoms with van der Waals surface area (Å²) in [4.78, 5) is 0. The second-order valence-corrected chi connectivity index (χ2v) is 5.15. The SMILES string of the molecule is OC[C@@]12CCN[C@@H]3CCCC(=CCN1)[C@@H]32. The molecule has 1 aliphatic carbocycles. The van der Waals surface area contributed by atoms with Gasteiger partial charge in [0.05, 0.1) is 12.1 Å². The highest BCUT2D eigenvalue weighted by molar-refractivity contribution is 5.26. The predicted octanol–water partition coefficient (Wildman–Crippen LogP) is 0.409. The monoisotopic (exact) mass is 208 g/mol. The van der Waals surface area contributed by atoms with Crippen molar-refractivity contribution in [2.75, 3.05) is 19.7 Å². The molecule has 0 amide bonds. The lowest BCUT2D eigenvalue weighted by molar-refractivity contribution is 0.0508. The first-order valence-corrected chi connectivity index (χ1v) is 6.14. The van der Waals surface area contributed by atoms with Gasteiger partial charge in [-0.2, -0.15) is 0 Å². The van der Waals surface area contributed by atoms with Gasteiger partial charge in [0.2, 0.25) is 0 Å². The molecule has 15 heavy (non-hydrogen) atoms. The van der Waals surface area contributed by atoms with Gasteiger partial charge >= 0.3 is 0 Å². The van der Waals surface area contributed by atoms with E-state index in [0.717, 1.165) is 19.5 Å². The molecule has 3 nitrogen and oxygen atoms in total. The van der Waals surface area contributed by atoms with Crippen molar-refractivity contribution >= 4 is 0 Å². The van der Waals surface area contributed by atoms with Crippen LogP contribution in [-0.4, -0.2) is 36.4 Å². The van der Waals surface area contributed by atoms with E-state index in [0.29, 0.717) is 12.0 Å². The summed E-state index contributed by atoms with van der Waals surface area (Å²) in [5.41, 5.74) is 1.58. The van der Waals surface area contributed by atoms with Gasteiger partial charge in [0, 0.05) is 18.5 Å². The Bertz CT molecular complexity index is 287. The quantitative estimate of drug-likeness (QED) is 0.547. The molecule has 0 aromatic heterocycles. The Morgan fingerprint density at radius 3 is 3.33 bits per heavy atom. The number of rotatable bonds is 1. The highest BCUT2D eigenvalue weighted by Crippen LogP contribution is 2.42. The molecule has 0 spiro atoms. The Kier molecular flexibility index (Phi) is 2.34. The number of aliphatic hydroxyl groups excluding tert-OH is 1. The molecule has 84 valence electrons. The largest absolute Gasteiger partial charge is 0.394 e. The molecule has 1 saturated carbocycles. The normalized spacial score (nSPS) is 44.5. The summed E-state index contributed by atoms with van der Waals surface area (Å²) in [6.07, 6.45) is 7.22. The van der Waals surface area contributed by atoms with Gasteiger partial charge in [-0.1, -0.05) is 11.6 Å². The van der Waals surface area contributed by atoms with Crippen LogP contribution in [0.5, 0.6) is 0 Å². The zero-order valence-electron chi connectivity index (χ0n) is 9.13. The summed E-state index contributed by atoms with van der Waals surface area (Å²) in [5, 5.41) is 16.9. The van der Waals surface area contributed by atoms with E-state index in [-0.39, 0.29) is 12.1 Å². The summed E-state index contributed by atoms with van der Waals surface area (Å²) in [7, 11) is 0. The van der Waals surface area contributed by atoms with Crippen molar-refractivity contribution in [2.24, 2.45) is 5.92 Å². The van der Waals surface area contributed by atoms with Gasteiger partial charge in [0.1, 0.15) is 0 Å². The Balaban J connectivity index is 1.98. The van der Waals surface area contributed by atoms with Gasteiger partial charge in [0.15, 0.2) is 0 Å². The minimum atomic E-state index is -0.0135. The molecule has 0 aromatic rings. The van der Waals surface area contributed by atoms with Crippen molar-refractivity contribution in [3.8, 4) is 0 Å². The third-order valence-electron chi connectivity index (χ3n) is 4.46. The molecular formula is C12H20N2O. The summed E-state index contributed by atoms with van der Waals surface area (Å²) < 4.78 is 0. The van der Waals surface area contributed by atoms with Crippen LogP contribution in [0.2, 0.25) is 0 Å². The number of hydrogen-bond donors (Lipinski definition) is 3. The van der Waals surface area contributed by atoms with E-state index >= 15 is 0 Å². The molecule has 0 unspecified atom stereocenters. The molecule has 3 N–H and O–H groups in total. The molecule has 3 atom stereocenters. The van der Waals surface area contributed by atoms with E-state index in [1.165, 1.54) is 19.3 Å². The molecule has 0 radical (unpaired) electrons. The maximum absolute atomic E-state index is 9.71. The van der Waals surface area contributed by atoms with E-state index in [9.17, 15) is 5.11 Å². The topological polar surface area (TPSA) is 44.3 Å². The lowest BCUT2D eigenvalue weighted by Gasteiger charge is -2.53. The van der Waals surface area contributed by atoms with Crippen molar-refractivity contribution in [3.05, 3.63) is 11.6 Å². The van der Waals surface area contributed by atoms with Gasteiger partial charge in [-0.3, -0.25) is 0 Å². The van der Waals surface area contributed by atoms with Crippen molar-refractivity contribution in [3.63, 3.8) is 0 Å². The van der Waals surface area contributed by atoms with Crippen LogP contribution in [0.25, 0.3) is 0 Å². The molecule has 2 heterocycles. The summed E-state index contributed by atoms with van der Waals surface area (Å²) in [6, 6.07) is 0.596. The molecule has 3 heteroatoms. The van der Waals surface area contributed by atoms with Crippen LogP contribution in [0.3, 0.4) is 0 Å². The molecule has 0 aromatic carbocycles. The summed E-state index contributed by atoms with van der Waals surface area (Å²) in [6.45, 7) is 2.27. The van der Waals surface area contributed by atoms with Gasteiger partial charge < -0.3 is 15.7 Å². The fourth-order valence-corrected chi connectivity index (χ4v) is 3.75. The van der Waals surface area contributed by atoms with Gasteiger partial charge in [-0.05, 0) is 32.2 Å². The molecule has 2 aliphatic heterocycles. The Morgan fingerprint density at radius 1 is 1.53 bits per heavy atom. The summed E-state index contributed by atoms with van der Waals surface area (Å²) >= 11 is 0. The van der Waals surface area contributed by atoms with Crippen LogP contribution in [0.1, 0.15) is 25.7 Å². The number of piperidine rings is 1. The third kappa shape index (κ3) is 1.37. The first-order valence-electron chi connectivity index (χ1n) is 6.14. The van der Waals surface area contributed by atoms with Crippen molar-refractivity contribution in [2.45, 2.75) is 37.3 Å². The average molecular weight is 208 g/mol. The first kappa shape index (κ1) is 9.82. The molecule has 3 rings (SSSR count). The predicted molar refractivity (Wildman–Crippen MR) is 59.7 cm³/mol. The van der Waals surface area contributed by atoms with Crippen LogP contribution in [0.4, 0.5) is 0 Å². The van der Waals surface area contributed by atoms with Crippen LogP contribution in [0, 0.1) is 5.92 Å². The highest BCUT2D eigenvalue weighted by Gasteiger charge is 2.48. The fraction of sp³-hybridized carbons (Fsp3) is 0.833. The minimum absolute atomic E-state index is 0.0135.